The summed E-state index contributed by atoms with van der Waals surface area (Å²) in [4.78, 5) is 33.9. The highest BCUT2D eigenvalue weighted by atomic mass is 16.5. The average Bonchev–Trinajstić information content (AvgIpc) is 2.99. The van der Waals surface area contributed by atoms with Crippen molar-refractivity contribution in [3.05, 3.63) is 72.3 Å². The molecule has 0 aromatic heterocycles. The fraction of sp³-hybridized carbons (Fsp3) is 0.484. The zero-order chi connectivity index (χ0) is 26.7. The van der Waals surface area contributed by atoms with Crippen LogP contribution < -0.4 is 9.80 Å². The Morgan fingerprint density at radius 1 is 0.737 bits per heavy atom. The molecule has 0 spiro atoms. The first-order valence-electron chi connectivity index (χ1n) is 14.0. The summed E-state index contributed by atoms with van der Waals surface area (Å²) >= 11 is 0. The third-order valence-electron chi connectivity index (χ3n) is 7.70. The summed E-state index contributed by atoms with van der Waals surface area (Å²) in [5, 5.41) is 0. The van der Waals surface area contributed by atoms with Gasteiger partial charge in [-0.2, -0.15) is 0 Å². The van der Waals surface area contributed by atoms with Gasteiger partial charge in [-0.05, 0) is 74.3 Å². The Labute approximate surface area is 227 Å². The Kier molecular flexibility index (Phi) is 10.2. The fourth-order valence-electron chi connectivity index (χ4n) is 5.30. The molecule has 0 N–H and O–H groups in total. The molecule has 1 amide bonds. The predicted octanol–water partition coefficient (Wildman–Crippen LogP) is 4.69. The van der Waals surface area contributed by atoms with Crippen LogP contribution in [0.4, 0.5) is 11.4 Å². The molecule has 2 fully saturated rings. The number of amides is 1. The molecule has 0 radical (unpaired) electrons. The highest BCUT2D eigenvalue weighted by molar-refractivity contribution is 5.96. The molecule has 7 heteroatoms. The molecule has 0 aliphatic carbocycles. The van der Waals surface area contributed by atoms with Crippen LogP contribution in [0.1, 0.15) is 52.8 Å². The van der Waals surface area contributed by atoms with E-state index in [-0.39, 0.29) is 5.91 Å². The molecule has 2 aromatic rings. The number of piperazine rings is 2. The van der Waals surface area contributed by atoms with Crippen molar-refractivity contribution in [3.8, 4) is 0 Å². The normalized spacial score (nSPS) is 16.4. The summed E-state index contributed by atoms with van der Waals surface area (Å²) in [5.74, 6) is -0.393. The number of carbonyl (C=O) groups excluding carboxylic acids is 2. The lowest BCUT2D eigenvalue weighted by molar-refractivity contribution is 0.0599. The third-order valence-corrected chi connectivity index (χ3v) is 7.70. The molecule has 0 bridgehead atoms. The fourth-order valence-corrected chi connectivity index (χ4v) is 5.30. The number of methoxy groups -OCH3 is 1. The Balaban J connectivity index is 1.19. The lowest BCUT2D eigenvalue weighted by atomic mass is 10.1. The van der Waals surface area contributed by atoms with Gasteiger partial charge in [-0.15, -0.1) is 6.58 Å². The first kappa shape index (κ1) is 27.7. The van der Waals surface area contributed by atoms with Crippen LogP contribution in [0.2, 0.25) is 0 Å². The first-order valence-corrected chi connectivity index (χ1v) is 14.0. The second-order valence-corrected chi connectivity index (χ2v) is 10.2. The van der Waals surface area contributed by atoms with E-state index in [9.17, 15) is 9.59 Å². The van der Waals surface area contributed by atoms with E-state index in [2.05, 4.69) is 45.5 Å². The smallest absolute Gasteiger partial charge is 0.337 e. The zero-order valence-corrected chi connectivity index (χ0v) is 22.8. The molecule has 2 aliphatic heterocycles. The molecule has 2 aromatic carbocycles. The Morgan fingerprint density at radius 2 is 1.26 bits per heavy atom. The molecular weight excluding hydrogens is 476 g/mol. The van der Waals surface area contributed by atoms with E-state index in [4.69, 9.17) is 4.74 Å². The monoisotopic (exact) mass is 518 g/mol. The van der Waals surface area contributed by atoms with Crippen molar-refractivity contribution in [2.45, 2.75) is 32.1 Å². The van der Waals surface area contributed by atoms with E-state index in [1.54, 1.807) is 24.3 Å². The number of nitrogens with zero attached hydrogens (tertiary/aromatic N) is 4. The van der Waals surface area contributed by atoms with E-state index < -0.39 is 5.97 Å². The van der Waals surface area contributed by atoms with Crippen molar-refractivity contribution in [3.63, 3.8) is 0 Å². The van der Waals surface area contributed by atoms with Gasteiger partial charge in [0.25, 0.3) is 5.91 Å². The van der Waals surface area contributed by atoms with Gasteiger partial charge in [0.2, 0.25) is 0 Å². The number of hydrogen-bond acceptors (Lipinski definition) is 6. The lowest BCUT2D eigenvalue weighted by Gasteiger charge is -2.37. The maximum absolute atomic E-state index is 12.9. The number of esters is 1. The minimum absolute atomic E-state index is 0.00301. The van der Waals surface area contributed by atoms with Crippen LogP contribution in [0.25, 0.3) is 0 Å². The van der Waals surface area contributed by atoms with E-state index in [1.807, 2.05) is 11.0 Å². The summed E-state index contributed by atoms with van der Waals surface area (Å²) in [6.07, 6.45) is 8.37. The van der Waals surface area contributed by atoms with E-state index in [1.165, 1.54) is 50.7 Å². The van der Waals surface area contributed by atoms with Gasteiger partial charge in [-0.1, -0.05) is 18.9 Å². The van der Waals surface area contributed by atoms with Crippen molar-refractivity contribution in [1.82, 2.24) is 9.80 Å². The second kappa shape index (κ2) is 14.0. The molecule has 0 unspecified atom stereocenters. The Bertz CT molecular complexity index is 1040. The van der Waals surface area contributed by atoms with Crippen LogP contribution >= 0.6 is 0 Å². The molecule has 0 atom stereocenters. The molecule has 204 valence electrons. The van der Waals surface area contributed by atoms with Crippen molar-refractivity contribution in [1.29, 1.82) is 0 Å². The summed E-state index contributed by atoms with van der Waals surface area (Å²) < 4.78 is 4.73. The van der Waals surface area contributed by atoms with Crippen LogP contribution in [0.3, 0.4) is 0 Å². The van der Waals surface area contributed by atoms with Crippen LogP contribution in [0, 0.1) is 0 Å². The first-order chi connectivity index (χ1) is 18.6. The number of anilines is 2. The molecule has 2 heterocycles. The minimum atomic E-state index is -0.396. The number of carbonyl (C=O) groups is 2. The van der Waals surface area contributed by atoms with Gasteiger partial charge in [-0.25, -0.2) is 4.79 Å². The predicted molar refractivity (Wildman–Crippen MR) is 154 cm³/mol. The Morgan fingerprint density at radius 3 is 1.82 bits per heavy atom. The third kappa shape index (κ3) is 7.38. The minimum Gasteiger partial charge on any atom is -0.465 e. The number of hydrogen-bond donors (Lipinski definition) is 0. The molecule has 2 saturated heterocycles. The largest absolute Gasteiger partial charge is 0.465 e. The van der Waals surface area contributed by atoms with Crippen LogP contribution in [-0.2, 0) is 4.74 Å². The van der Waals surface area contributed by atoms with Crippen molar-refractivity contribution >= 4 is 23.3 Å². The summed E-state index contributed by atoms with van der Waals surface area (Å²) in [7, 11) is 1.35. The van der Waals surface area contributed by atoms with Crippen molar-refractivity contribution in [2.24, 2.45) is 0 Å². The quantitative estimate of drug-likeness (QED) is 0.244. The van der Waals surface area contributed by atoms with E-state index in [0.717, 1.165) is 45.7 Å². The maximum Gasteiger partial charge on any atom is 0.337 e. The topological polar surface area (TPSA) is 56.3 Å². The molecule has 4 rings (SSSR count). The second-order valence-electron chi connectivity index (χ2n) is 10.2. The highest BCUT2D eigenvalue weighted by Crippen LogP contribution is 2.23. The summed E-state index contributed by atoms with van der Waals surface area (Å²) in [6.45, 7) is 12.4. The standard InChI is InChI=1S/C31H42N4O3/c1-3-4-5-6-7-8-17-32-18-20-33(21-19-32)28-13-15-29(16-14-28)34-22-24-35(25-23-34)30(36)26-9-11-27(12-10-26)31(37)38-2/h3,9-16H,1,4-8,17-25H2,2H3. The molecule has 38 heavy (non-hydrogen) atoms. The zero-order valence-electron chi connectivity index (χ0n) is 22.8. The van der Waals surface area contributed by atoms with Gasteiger partial charge in [0.1, 0.15) is 0 Å². The van der Waals surface area contributed by atoms with Crippen LogP contribution in [0.5, 0.6) is 0 Å². The number of ether oxygens (including phenoxy) is 1. The van der Waals surface area contributed by atoms with Gasteiger partial charge in [0, 0.05) is 69.3 Å². The van der Waals surface area contributed by atoms with Crippen LogP contribution in [0.15, 0.2) is 61.2 Å². The maximum atomic E-state index is 12.9. The molecule has 0 saturated carbocycles. The SMILES string of the molecule is C=CCCCCCCN1CCN(c2ccc(N3CCN(C(=O)c4ccc(C(=O)OC)cc4)CC3)cc2)CC1. The van der Waals surface area contributed by atoms with Gasteiger partial charge >= 0.3 is 5.97 Å². The van der Waals surface area contributed by atoms with Gasteiger partial charge in [-0.3, -0.25) is 9.69 Å². The van der Waals surface area contributed by atoms with Crippen molar-refractivity contribution < 1.29 is 14.3 Å². The van der Waals surface area contributed by atoms with E-state index >= 15 is 0 Å². The van der Waals surface area contributed by atoms with Crippen LogP contribution in [-0.4, -0.2) is 87.7 Å². The molecule has 7 nitrogen and oxygen atoms in total. The van der Waals surface area contributed by atoms with Gasteiger partial charge in [0.15, 0.2) is 0 Å². The van der Waals surface area contributed by atoms with Gasteiger partial charge in [0.05, 0.1) is 12.7 Å². The van der Waals surface area contributed by atoms with Gasteiger partial charge < -0.3 is 19.4 Å². The highest BCUT2D eigenvalue weighted by Gasteiger charge is 2.23. The Hall–Kier alpha value is -3.32. The number of benzene rings is 2. The van der Waals surface area contributed by atoms with E-state index in [0.29, 0.717) is 24.2 Å². The number of unbranched alkanes of at least 4 members (excludes halogenated alkanes) is 4. The summed E-state index contributed by atoms with van der Waals surface area (Å²) in [6, 6.07) is 15.6. The number of allylic oxidation sites excluding steroid dienone is 1. The summed E-state index contributed by atoms with van der Waals surface area (Å²) in [5.41, 5.74) is 3.55. The lowest BCUT2D eigenvalue weighted by Crippen LogP contribution is -2.48. The number of rotatable bonds is 11. The molecular formula is C31H42N4O3. The average molecular weight is 519 g/mol. The van der Waals surface area contributed by atoms with Crippen molar-refractivity contribution in [2.75, 3.05) is 75.8 Å². The molecule has 2 aliphatic rings.